The fraction of sp³-hybridized carbons (Fsp3) is 0.476. The van der Waals surface area contributed by atoms with Gasteiger partial charge in [0, 0.05) is 31.4 Å². The molecule has 146 valence electrons. The summed E-state index contributed by atoms with van der Waals surface area (Å²) in [6.45, 7) is 6.70. The van der Waals surface area contributed by atoms with E-state index in [1.165, 1.54) is 6.07 Å². The van der Waals surface area contributed by atoms with E-state index in [1.54, 1.807) is 12.1 Å². The predicted molar refractivity (Wildman–Crippen MR) is 108 cm³/mol. The lowest BCUT2D eigenvalue weighted by atomic mass is 9.97. The van der Waals surface area contributed by atoms with Crippen LogP contribution in [0, 0.1) is 18.7 Å². The summed E-state index contributed by atoms with van der Waals surface area (Å²) in [5, 5.41) is 10.5. The molecule has 0 saturated carbocycles. The van der Waals surface area contributed by atoms with Gasteiger partial charge in [-0.3, -0.25) is 0 Å². The number of benzene rings is 1. The highest BCUT2D eigenvalue weighted by Crippen LogP contribution is 2.17. The molecule has 0 amide bonds. The smallest absolute Gasteiger partial charge is 0.123 e. The third-order valence-electron chi connectivity index (χ3n) is 5.04. The van der Waals surface area contributed by atoms with Crippen molar-refractivity contribution < 1.29 is 4.39 Å². The van der Waals surface area contributed by atoms with Crippen molar-refractivity contribution in [2.24, 2.45) is 5.92 Å². The van der Waals surface area contributed by atoms with Crippen molar-refractivity contribution in [3.63, 3.8) is 0 Å². The number of aryl methyl sites for hydroxylation is 1. The first-order valence-electron chi connectivity index (χ1n) is 9.72. The van der Waals surface area contributed by atoms with Crippen LogP contribution in [-0.4, -0.2) is 43.7 Å². The van der Waals surface area contributed by atoms with E-state index < -0.39 is 0 Å². The molecule has 1 fully saturated rings. The Kier molecular flexibility index (Phi) is 7.15. The zero-order valence-corrected chi connectivity index (χ0v) is 16.0. The summed E-state index contributed by atoms with van der Waals surface area (Å²) >= 11 is 0. The average Bonchev–Trinajstić information content (AvgIpc) is 3.04. The predicted octanol–water partition coefficient (Wildman–Crippen LogP) is 1.66. The number of nitrogens with zero attached hydrogens (tertiary/aromatic N) is 1. The van der Waals surface area contributed by atoms with Crippen molar-refractivity contribution in [1.82, 2.24) is 20.9 Å². The third kappa shape index (κ3) is 6.27. The van der Waals surface area contributed by atoms with Crippen molar-refractivity contribution in [1.29, 1.82) is 0 Å². The Morgan fingerprint density at radius 2 is 2.07 bits per heavy atom. The van der Waals surface area contributed by atoms with Gasteiger partial charge in [-0.15, -0.1) is 0 Å². The summed E-state index contributed by atoms with van der Waals surface area (Å²) in [7, 11) is 0. The Morgan fingerprint density at radius 1 is 1.19 bits per heavy atom. The Morgan fingerprint density at radius 3 is 2.89 bits per heavy atom. The van der Waals surface area contributed by atoms with Crippen LogP contribution >= 0.6 is 0 Å². The SMILES string of the molecule is Cc1cc(N)nc(C[C@H]2CNCC2NCCNCCc2cccc(F)c2)c1. The lowest BCUT2D eigenvalue weighted by molar-refractivity contribution is 0.419. The normalized spacial score (nSPS) is 19.5. The number of pyridine rings is 1. The standard InChI is InChI=1S/C21H30FN5/c1-15-9-19(27-21(23)10-15)12-17-13-25-14-20(17)26-8-7-24-6-5-16-3-2-4-18(22)11-16/h2-4,9-11,17,20,24-26H,5-8,12-14H2,1H3,(H2,23,27)/t17-,20?/m0/s1. The van der Waals surface area contributed by atoms with E-state index in [4.69, 9.17) is 5.73 Å². The Balaban J connectivity index is 1.36. The molecule has 0 spiro atoms. The largest absolute Gasteiger partial charge is 0.384 e. The fourth-order valence-electron chi connectivity index (χ4n) is 3.72. The van der Waals surface area contributed by atoms with E-state index in [9.17, 15) is 4.39 Å². The molecule has 1 aliphatic rings. The van der Waals surface area contributed by atoms with E-state index in [1.807, 2.05) is 12.1 Å². The quantitative estimate of drug-likeness (QED) is 0.505. The maximum atomic E-state index is 13.2. The molecule has 0 bridgehead atoms. The molecule has 2 aromatic rings. The summed E-state index contributed by atoms with van der Waals surface area (Å²) < 4.78 is 13.2. The van der Waals surface area contributed by atoms with Gasteiger partial charge in [0.1, 0.15) is 11.6 Å². The zero-order chi connectivity index (χ0) is 19.1. The minimum Gasteiger partial charge on any atom is -0.384 e. The summed E-state index contributed by atoms with van der Waals surface area (Å²) in [5.74, 6) is 0.952. The van der Waals surface area contributed by atoms with Gasteiger partial charge in [0.2, 0.25) is 0 Å². The first-order chi connectivity index (χ1) is 13.1. The Labute approximate surface area is 161 Å². The lowest BCUT2D eigenvalue weighted by Crippen LogP contribution is -2.40. The van der Waals surface area contributed by atoms with Crippen LogP contribution in [0.1, 0.15) is 16.8 Å². The second kappa shape index (κ2) is 9.78. The molecule has 1 aromatic heterocycles. The van der Waals surface area contributed by atoms with Crippen molar-refractivity contribution in [2.75, 3.05) is 38.5 Å². The van der Waals surface area contributed by atoms with Gasteiger partial charge in [0.15, 0.2) is 0 Å². The summed E-state index contributed by atoms with van der Waals surface area (Å²) in [4.78, 5) is 4.47. The van der Waals surface area contributed by atoms with Crippen molar-refractivity contribution in [3.8, 4) is 0 Å². The molecule has 5 N–H and O–H groups in total. The van der Waals surface area contributed by atoms with Gasteiger partial charge in [0.05, 0.1) is 0 Å². The lowest BCUT2D eigenvalue weighted by Gasteiger charge is -2.20. The molecular weight excluding hydrogens is 341 g/mol. The number of nitrogen functional groups attached to an aromatic ring is 1. The van der Waals surface area contributed by atoms with Crippen LogP contribution in [0.4, 0.5) is 10.2 Å². The van der Waals surface area contributed by atoms with Gasteiger partial charge in [-0.1, -0.05) is 12.1 Å². The van der Waals surface area contributed by atoms with Gasteiger partial charge >= 0.3 is 0 Å². The second-order valence-electron chi connectivity index (χ2n) is 7.37. The highest BCUT2D eigenvalue weighted by atomic mass is 19.1. The van der Waals surface area contributed by atoms with Crippen LogP contribution in [-0.2, 0) is 12.8 Å². The van der Waals surface area contributed by atoms with E-state index in [0.29, 0.717) is 17.8 Å². The molecule has 1 aromatic carbocycles. The summed E-state index contributed by atoms with van der Waals surface area (Å²) in [6.07, 6.45) is 1.77. The van der Waals surface area contributed by atoms with Crippen molar-refractivity contribution in [2.45, 2.75) is 25.8 Å². The van der Waals surface area contributed by atoms with E-state index in [0.717, 1.165) is 62.4 Å². The molecule has 5 nitrogen and oxygen atoms in total. The van der Waals surface area contributed by atoms with Crippen LogP contribution in [0.25, 0.3) is 0 Å². The number of hydrogen-bond donors (Lipinski definition) is 4. The second-order valence-corrected chi connectivity index (χ2v) is 7.37. The van der Waals surface area contributed by atoms with E-state index >= 15 is 0 Å². The van der Waals surface area contributed by atoms with E-state index in [-0.39, 0.29) is 5.82 Å². The molecule has 3 rings (SSSR count). The molecular formula is C21H30FN5. The molecule has 1 saturated heterocycles. The number of nitrogens with one attached hydrogen (secondary N) is 3. The minimum absolute atomic E-state index is 0.168. The fourth-order valence-corrected chi connectivity index (χ4v) is 3.72. The van der Waals surface area contributed by atoms with Gasteiger partial charge in [0.25, 0.3) is 0 Å². The molecule has 0 radical (unpaired) electrons. The first kappa shape index (κ1) is 19.7. The molecule has 0 aliphatic carbocycles. The highest BCUT2D eigenvalue weighted by Gasteiger charge is 2.26. The first-order valence-corrected chi connectivity index (χ1v) is 9.72. The number of halogens is 1. The Bertz CT molecular complexity index is 716. The van der Waals surface area contributed by atoms with Gasteiger partial charge in [-0.05, 0) is 74.2 Å². The molecule has 27 heavy (non-hydrogen) atoms. The summed E-state index contributed by atoms with van der Waals surface area (Å²) in [5.41, 5.74) is 9.14. The van der Waals surface area contributed by atoms with Crippen LogP contribution in [0.5, 0.6) is 0 Å². The average molecular weight is 372 g/mol. The molecule has 2 atom stereocenters. The number of aromatic nitrogens is 1. The number of anilines is 1. The number of nitrogens with two attached hydrogens (primary N) is 1. The minimum atomic E-state index is -0.168. The number of hydrogen-bond acceptors (Lipinski definition) is 5. The van der Waals surface area contributed by atoms with Crippen LogP contribution < -0.4 is 21.7 Å². The zero-order valence-electron chi connectivity index (χ0n) is 16.0. The summed E-state index contributed by atoms with van der Waals surface area (Å²) in [6, 6.07) is 11.3. The van der Waals surface area contributed by atoms with Crippen LogP contribution in [0.15, 0.2) is 36.4 Å². The van der Waals surface area contributed by atoms with E-state index in [2.05, 4.69) is 33.9 Å². The molecule has 2 heterocycles. The van der Waals surface area contributed by atoms with Gasteiger partial charge in [-0.2, -0.15) is 0 Å². The maximum Gasteiger partial charge on any atom is 0.123 e. The topological polar surface area (TPSA) is 75.0 Å². The van der Waals surface area contributed by atoms with Crippen LogP contribution in [0.3, 0.4) is 0 Å². The van der Waals surface area contributed by atoms with Gasteiger partial charge < -0.3 is 21.7 Å². The molecule has 1 unspecified atom stereocenters. The molecule has 1 aliphatic heterocycles. The maximum absolute atomic E-state index is 13.2. The van der Waals surface area contributed by atoms with Crippen LogP contribution in [0.2, 0.25) is 0 Å². The Hall–Kier alpha value is -2.02. The third-order valence-corrected chi connectivity index (χ3v) is 5.04. The number of rotatable bonds is 9. The molecule has 6 heteroatoms. The monoisotopic (exact) mass is 371 g/mol. The van der Waals surface area contributed by atoms with Crippen molar-refractivity contribution >= 4 is 5.82 Å². The highest BCUT2D eigenvalue weighted by molar-refractivity contribution is 5.34. The van der Waals surface area contributed by atoms with Crippen molar-refractivity contribution in [3.05, 3.63) is 59.0 Å². The van der Waals surface area contributed by atoms with Gasteiger partial charge in [-0.25, -0.2) is 9.37 Å².